The molecule has 1 N–H and O–H groups in total. The Hall–Kier alpha value is -1.13. The van der Waals surface area contributed by atoms with Crippen LogP contribution in [0.3, 0.4) is 0 Å². The second kappa shape index (κ2) is 6.87. The van der Waals surface area contributed by atoms with Crippen molar-refractivity contribution in [3.05, 3.63) is 40.3 Å². The molecule has 0 saturated carbocycles. The highest BCUT2D eigenvalue weighted by Gasteiger charge is 2.09. The van der Waals surface area contributed by atoms with Gasteiger partial charge in [-0.25, -0.2) is 0 Å². The summed E-state index contributed by atoms with van der Waals surface area (Å²) in [5.74, 6) is 0. The topological polar surface area (TPSA) is 29.9 Å². The Balaban J connectivity index is 1.90. The number of aromatic nitrogens is 2. The van der Waals surface area contributed by atoms with E-state index in [1.165, 1.54) is 4.88 Å². The van der Waals surface area contributed by atoms with E-state index in [0.29, 0.717) is 12.1 Å². The lowest BCUT2D eigenvalue weighted by molar-refractivity contribution is 0.423. The second-order valence-electron chi connectivity index (χ2n) is 4.88. The number of rotatable bonds is 7. The largest absolute Gasteiger partial charge is 0.304 e. The first kappa shape index (κ1) is 14.3. The predicted octanol–water partition coefficient (Wildman–Crippen LogP) is 4.16. The van der Waals surface area contributed by atoms with Gasteiger partial charge < -0.3 is 5.32 Å². The fourth-order valence-electron chi connectivity index (χ4n) is 2.23. The molecule has 0 unspecified atom stereocenters. The summed E-state index contributed by atoms with van der Waals surface area (Å²) < 4.78 is 2.10. The summed E-state index contributed by atoms with van der Waals surface area (Å²) in [6, 6.07) is 7.30. The lowest BCUT2D eigenvalue weighted by Crippen LogP contribution is -2.18. The van der Waals surface area contributed by atoms with Crippen LogP contribution in [-0.4, -0.2) is 9.78 Å². The molecule has 1 atom stereocenters. The lowest BCUT2D eigenvalue weighted by Gasteiger charge is -2.13. The number of hydrogen-bond donors (Lipinski definition) is 1. The quantitative estimate of drug-likeness (QED) is 0.823. The Morgan fingerprint density at radius 2 is 2.11 bits per heavy atom. The summed E-state index contributed by atoms with van der Waals surface area (Å²) in [5.41, 5.74) is 1.12. The molecule has 4 heteroatoms. The minimum atomic E-state index is 0.387. The summed E-state index contributed by atoms with van der Waals surface area (Å²) in [5, 5.41) is 10.3. The molecule has 0 aliphatic carbocycles. The zero-order valence-electron chi connectivity index (χ0n) is 12.0. The van der Waals surface area contributed by atoms with Crippen LogP contribution in [0.4, 0.5) is 0 Å². The van der Waals surface area contributed by atoms with Crippen LogP contribution < -0.4 is 5.32 Å². The molecule has 0 spiro atoms. The van der Waals surface area contributed by atoms with Crippen molar-refractivity contribution in [2.75, 3.05) is 0 Å². The first-order valence-electron chi connectivity index (χ1n) is 7.05. The normalized spacial score (nSPS) is 13.1. The van der Waals surface area contributed by atoms with Crippen molar-refractivity contribution < 1.29 is 0 Å². The minimum Gasteiger partial charge on any atom is -0.304 e. The molecule has 3 nitrogen and oxygen atoms in total. The van der Waals surface area contributed by atoms with Gasteiger partial charge in [-0.1, -0.05) is 19.9 Å². The van der Waals surface area contributed by atoms with E-state index in [4.69, 9.17) is 0 Å². The molecule has 2 rings (SSSR count). The van der Waals surface area contributed by atoms with Gasteiger partial charge in [0.25, 0.3) is 0 Å². The molecule has 0 fully saturated rings. The van der Waals surface area contributed by atoms with Gasteiger partial charge in [0, 0.05) is 23.7 Å². The molecule has 0 aliphatic rings. The summed E-state index contributed by atoms with van der Waals surface area (Å²) >= 11 is 1.80. The van der Waals surface area contributed by atoms with E-state index in [2.05, 4.69) is 65.6 Å². The summed E-state index contributed by atoms with van der Waals surface area (Å²) in [6.45, 7) is 7.45. The van der Waals surface area contributed by atoms with Crippen molar-refractivity contribution in [2.45, 2.75) is 52.2 Å². The maximum absolute atomic E-state index is 4.66. The molecular weight excluding hydrogens is 254 g/mol. The van der Waals surface area contributed by atoms with Crippen LogP contribution in [0, 0.1) is 0 Å². The van der Waals surface area contributed by atoms with Crippen LogP contribution >= 0.6 is 11.3 Å². The van der Waals surface area contributed by atoms with Gasteiger partial charge in [-0.05, 0) is 37.3 Å². The van der Waals surface area contributed by atoms with E-state index in [0.717, 1.165) is 25.1 Å². The Kier molecular flexibility index (Phi) is 5.16. The molecule has 2 aromatic heterocycles. The van der Waals surface area contributed by atoms with E-state index < -0.39 is 0 Å². The number of nitrogens with zero attached hydrogens (tertiary/aromatic N) is 2. The SMILES string of the molecule is CCC(CC)n1ccc(CN[C@@H](C)c2cccs2)n1. The number of thiophene rings is 1. The highest BCUT2D eigenvalue weighted by atomic mass is 32.1. The molecule has 19 heavy (non-hydrogen) atoms. The van der Waals surface area contributed by atoms with Gasteiger partial charge in [-0.3, -0.25) is 4.68 Å². The van der Waals surface area contributed by atoms with Crippen LogP contribution in [0.2, 0.25) is 0 Å². The van der Waals surface area contributed by atoms with Crippen molar-refractivity contribution >= 4 is 11.3 Å². The van der Waals surface area contributed by atoms with Crippen LogP contribution in [0.1, 0.15) is 56.3 Å². The van der Waals surface area contributed by atoms with E-state index in [1.807, 2.05) is 0 Å². The van der Waals surface area contributed by atoms with Gasteiger partial charge in [0.1, 0.15) is 0 Å². The average Bonchev–Trinajstić information content (AvgIpc) is 3.09. The fraction of sp³-hybridized carbons (Fsp3) is 0.533. The standard InChI is InChI=1S/C15H23N3S/c1-4-14(5-2)18-9-8-13(17-18)11-16-12(3)15-7-6-10-19-15/h6-10,12,14,16H,4-5,11H2,1-3H3/t12-/m0/s1. The van der Waals surface area contributed by atoms with Crippen molar-refractivity contribution in [2.24, 2.45) is 0 Å². The summed E-state index contributed by atoms with van der Waals surface area (Å²) in [4.78, 5) is 1.37. The first-order chi connectivity index (χ1) is 9.24. The van der Waals surface area contributed by atoms with Crippen molar-refractivity contribution in [3.8, 4) is 0 Å². The van der Waals surface area contributed by atoms with E-state index in [1.54, 1.807) is 11.3 Å². The van der Waals surface area contributed by atoms with Crippen LogP contribution in [0.25, 0.3) is 0 Å². The number of hydrogen-bond acceptors (Lipinski definition) is 3. The highest BCUT2D eigenvalue weighted by molar-refractivity contribution is 7.10. The Bertz CT molecular complexity index is 471. The molecular formula is C15H23N3S. The molecule has 0 radical (unpaired) electrons. The molecule has 0 aromatic carbocycles. The Morgan fingerprint density at radius 3 is 2.74 bits per heavy atom. The van der Waals surface area contributed by atoms with Crippen LogP contribution in [0.15, 0.2) is 29.8 Å². The van der Waals surface area contributed by atoms with Crippen LogP contribution in [-0.2, 0) is 6.54 Å². The van der Waals surface area contributed by atoms with Gasteiger partial charge >= 0.3 is 0 Å². The maximum atomic E-state index is 4.66. The zero-order chi connectivity index (χ0) is 13.7. The molecule has 0 saturated heterocycles. The zero-order valence-corrected chi connectivity index (χ0v) is 12.8. The van der Waals surface area contributed by atoms with Gasteiger partial charge in [0.05, 0.1) is 11.7 Å². The third kappa shape index (κ3) is 3.67. The van der Waals surface area contributed by atoms with Crippen LogP contribution in [0.5, 0.6) is 0 Å². The molecule has 2 heterocycles. The predicted molar refractivity (Wildman–Crippen MR) is 81.4 cm³/mol. The average molecular weight is 277 g/mol. The third-order valence-electron chi connectivity index (χ3n) is 3.54. The maximum Gasteiger partial charge on any atom is 0.0762 e. The molecule has 0 aliphatic heterocycles. The fourth-order valence-corrected chi connectivity index (χ4v) is 2.99. The minimum absolute atomic E-state index is 0.387. The van der Waals surface area contributed by atoms with Gasteiger partial charge in [-0.15, -0.1) is 11.3 Å². The van der Waals surface area contributed by atoms with Gasteiger partial charge in [-0.2, -0.15) is 5.10 Å². The second-order valence-corrected chi connectivity index (χ2v) is 5.85. The summed E-state index contributed by atoms with van der Waals surface area (Å²) in [6.07, 6.45) is 4.37. The van der Waals surface area contributed by atoms with Crippen molar-refractivity contribution in [1.29, 1.82) is 0 Å². The lowest BCUT2D eigenvalue weighted by atomic mass is 10.2. The highest BCUT2D eigenvalue weighted by Crippen LogP contribution is 2.19. The van der Waals surface area contributed by atoms with E-state index in [-0.39, 0.29) is 0 Å². The Morgan fingerprint density at radius 1 is 1.32 bits per heavy atom. The third-order valence-corrected chi connectivity index (χ3v) is 4.59. The van der Waals surface area contributed by atoms with E-state index >= 15 is 0 Å². The smallest absolute Gasteiger partial charge is 0.0762 e. The summed E-state index contributed by atoms with van der Waals surface area (Å²) in [7, 11) is 0. The van der Waals surface area contributed by atoms with E-state index in [9.17, 15) is 0 Å². The molecule has 0 amide bonds. The van der Waals surface area contributed by atoms with Gasteiger partial charge in [0.15, 0.2) is 0 Å². The first-order valence-corrected chi connectivity index (χ1v) is 7.93. The van der Waals surface area contributed by atoms with Crippen molar-refractivity contribution in [3.63, 3.8) is 0 Å². The monoisotopic (exact) mass is 277 g/mol. The molecule has 0 bridgehead atoms. The molecule has 104 valence electrons. The van der Waals surface area contributed by atoms with Crippen molar-refractivity contribution in [1.82, 2.24) is 15.1 Å². The molecule has 2 aromatic rings. The number of nitrogens with one attached hydrogen (secondary N) is 1. The Labute approximate surface area is 119 Å². The van der Waals surface area contributed by atoms with Gasteiger partial charge in [0.2, 0.25) is 0 Å².